The summed E-state index contributed by atoms with van der Waals surface area (Å²) in [6.07, 6.45) is 1.45. The van der Waals surface area contributed by atoms with Crippen LogP contribution in [0, 0.1) is 17.5 Å². The molecule has 0 bridgehead atoms. The molecule has 2 aromatic carbocycles. The second kappa shape index (κ2) is 7.31. The number of anilines is 2. The van der Waals surface area contributed by atoms with Crippen molar-refractivity contribution in [1.82, 2.24) is 14.8 Å². The molecule has 1 aromatic heterocycles. The fourth-order valence-electron chi connectivity index (χ4n) is 2.10. The highest BCUT2D eigenvalue weighted by atomic mass is 32.1. The summed E-state index contributed by atoms with van der Waals surface area (Å²) in [4.78, 5) is 4.02. The predicted octanol–water partition coefficient (Wildman–Crippen LogP) is 3.55. The van der Waals surface area contributed by atoms with Gasteiger partial charge in [-0.25, -0.2) is 22.8 Å². The molecule has 3 aromatic rings. The Morgan fingerprint density at radius 1 is 1.04 bits per heavy atom. The van der Waals surface area contributed by atoms with Crippen LogP contribution in [0.1, 0.15) is 5.56 Å². The van der Waals surface area contributed by atoms with Crippen LogP contribution < -0.4 is 10.6 Å². The van der Waals surface area contributed by atoms with E-state index in [1.54, 1.807) is 12.1 Å². The van der Waals surface area contributed by atoms with Gasteiger partial charge in [0, 0.05) is 6.07 Å². The molecule has 0 spiro atoms. The first-order valence-corrected chi connectivity index (χ1v) is 7.57. The molecule has 1 heterocycles. The molecule has 0 fully saturated rings. The minimum absolute atomic E-state index is 0.0260. The lowest BCUT2D eigenvalue weighted by atomic mass is 10.2. The number of nitrogens with zero attached hydrogens (tertiary/aromatic N) is 3. The van der Waals surface area contributed by atoms with Crippen LogP contribution in [-0.2, 0) is 6.54 Å². The largest absolute Gasteiger partial charge is 0.330 e. The van der Waals surface area contributed by atoms with Gasteiger partial charge >= 0.3 is 0 Å². The molecule has 0 saturated heterocycles. The number of rotatable bonds is 4. The van der Waals surface area contributed by atoms with E-state index in [-0.39, 0.29) is 22.6 Å². The molecule has 0 amide bonds. The molecule has 5 nitrogen and oxygen atoms in total. The topological polar surface area (TPSA) is 54.8 Å². The number of hydrogen-bond donors (Lipinski definition) is 2. The van der Waals surface area contributed by atoms with Gasteiger partial charge in [0.25, 0.3) is 0 Å². The standard InChI is InChI=1S/C16H12F3N5S/c17-11-3-1-2-10(6-11)8-24-9-20-15(23-24)22-16(25)21-14-5-4-12(18)7-13(14)19/h1-7,9H,8H2,(H2,21,22,23,25). The Morgan fingerprint density at radius 3 is 2.60 bits per heavy atom. The average molecular weight is 363 g/mol. The molecular formula is C16H12F3N5S. The highest BCUT2D eigenvalue weighted by Crippen LogP contribution is 2.15. The van der Waals surface area contributed by atoms with E-state index in [4.69, 9.17) is 12.2 Å². The van der Waals surface area contributed by atoms with Crippen molar-refractivity contribution in [2.75, 3.05) is 10.6 Å². The number of hydrogen-bond acceptors (Lipinski definition) is 3. The zero-order chi connectivity index (χ0) is 17.8. The van der Waals surface area contributed by atoms with Crippen molar-refractivity contribution in [3.8, 4) is 0 Å². The zero-order valence-electron chi connectivity index (χ0n) is 12.7. The number of nitrogens with one attached hydrogen (secondary N) is 2. The van der Waals surface area contributed by atoms with E-state index in [0.29, 0.717) is 6.54 Å². The molecule has 0 aliphatic heterocycles. The predicted molar refractivity (Wildman–Crippen MR) is 91.7 cm³/mol. The molecular weight excluding hydrogens is 351 g/mol. The van der Waals surface area contributed by atoms with E-state index in [9.17, 15) is 13.2 Å². The van der Waals surface area contributed by atoms with Crippen molar-refractivity contribution in [3.63, 3.8) is 0 Å². The van der Waals surface area contributed by atoms with Crippen molar-refractivity contribution in [2.45, 2.75) is 6.54 Å². The summed E-state index contributed by atoms with van der Waals surface area (Å²) in [5, 5.41) is 9.48. The molecule has 3 rings (SSSR count). The van der Waals surface area contributed by atoms with Gasteiger partial charge in [-0.3, -0.25) is 5.32 Å². The third-order valence-corrected chi connectivity index (χ3v) is 3.38. The summed E-state index contributed by atoms with van der Waals surface area (Å²) < 4.78 is 41.1. The molecule has 128 valence electrons. The smallest absolute Gasteiger partial charge is 0.248 e. The molecule has 0 aliphatic rings. The summed E-state index contributed by atoms with van der Waals surface area (Å²) in [6.45, 7) is 0.333. The second-order valence-electron chi connectivity index (χ2n) is 5.10. The van der Waals surface area contributed by atoms with E-state index in [0.717, 1.165) is 17.7 Å². The van der Waals surface area contributed by atoms with Crippen LogP contribution >= 0.6 is 12.2 Å². The molecule has 9 heteroatoms. The lowest BCUT2D eigenvalue weighted by molar-refractivity contribution is 0.586. The van der Waals surface area contributed by atoms with Gasteiger partial charge in [0.1, 0.15) is 23.8 Å². The number of benzene rings is 2. The highest BCUT2D eigenvalue weighted by Gasteiger charge is 2.08. The van der Waals surface area contributed by atoms with Crippen LogP contribution in [0.3, 0.4) is 0 Å². The highest BCUT2D eigenvalue weighted by molar-refractivity contribution is 7.80. The summed E-state index contributed by atoms with van der Waals surface area (Å²) in [5.41, 5.74) is 0.753. The van der Waals surface area contributed by atoms with Gasteiger partial charge in [0.2, 0.25) is 5.95 Å². The SMILES string of the molecule is Fc1cccc(Cn2cnc(NC(=S)Nc3ccc(F)cc3F)n2)c1. The monoisotopic (exact) mass is 363 g/mol. The number of aromatic nitrogens is 3. The van der Waals surface area contributed by atoms with Crippen molar-refractivity contribution in [3.05, 3.63) is 71.8 Å². The van der Waals surface area contributed by atoms with Crippen LogP contribution in [-0.4, -0.2) is 19.9 Å². The van der Waals surface area contributed by atoms with Crippen LogP contribution in [0.2, 0.25) is 0 Å². The van der Waals surface area contributed by atoms with Gasteiger partial charge in [0.15, 0.2) is 5.11 Å². The third-order valence-electron chi connectivity index (χ3n) is 3.17. The lowest BCUT2D eigenvalue weighted by Gasteiger charge is -2.08. The lowest BCUT2D eigenvalue weighted by Crippen LogP contribution is -2.20. The minimum Gasteiger partial charge on any atom is -0.330 e. The van der Waals surface area contributed by atoms with Gasteiger partial charge in [-0.05, 0) is 42.0 Å². The molecule has 25 heavy (non-hydrogen) atoms. The van der Waals surface area contributed by atoms with Gasteiger partial charge in [-0.2, -0.15) is 0 Å². The van der Waals surface area contributed by atoms with E-state index < -0.39 is 11.6 Å². The zero-order valence-corrected chi connectivity index (χ0v) is 13.5. The van der Waals surface area contributed by atoms with Crippen molar-refractivity contribution >= 4 is 29.0 Å². The van der Waals surface area contributed by atoms with E-state index in [1.807, 2.05) is 0 Å². The van der Waals surface area contributed by atoms with E-state index in [1.165, 1.54) is 29.2 Å². The maximum Gasteiger partial charge on any atom is 0.248 e. The fourth-order valence-corrected chi connectivity index (χ4v) is 2.30. The first-order valence-electron chi connectivity index (χ1n) is 7.16. The first-order chi connectivity index (χ1) is 12.0. The Bertz CT molecular complexity index is 912. The van der Waals surface area contributed by atoms with Crippen LogP contribution in [0.5, 0.6) is 0 Å². The Hall–Kier alpha value is -2.94. The second-order valence-corrected chi connectivity index (χ2v) is 5.51. The van der Waals surface area contributed by atoms with Crippen LogP contribution in [0.25, 0.3) is 0 Å². The Labute approximate surface area is 146 Å². The Balaban J connectivity index is 1.61. The normalized spacial score (nSPS) is 10.5. The molecule has 0 aliphatic carbocycles. The average Bonchev–Trinajstić information content (AvgIpc) is 2.97. The summed E-state index contributed by atoms with van der Waals surface area (Å²) in [5.74, 6) is -1.59. The van der Waals surface area contributed by atoms with Crippen molar-refractivity contribution < 1.29 is 13.2 Å². The maximum absolute atomic E-state index is 13.6. The molecule has 0 unspecified atom stereocenters. The van der Waals surface area contributed by atoms with Gasteiger partial charge in [-0.15, -0.1) is 5.10 Å². The number of halogens is 3. The van der Waals surface area contributed by atoms with E-state index >= 15 is 0 Å². The molecule has 2 N–H and O–H groups in total. The summed E-state index contributed by atoms with van der Waals surface area (Å²) in [6, 6.07) is 9.22. The van der Waals surface area contributed by atoms with E-state index in [2.05, 4.69) is 20.7 Å². The Kier molecular flexibility index (Phi) is 4.94. The molecule has 0 radical (unpaired) electrons. The van der Waals surface area contributed by atoms with Crippen LogP contribution in [0.4, 0.5) is 24.8 Å². The van der Waals surface area contributed by atoms with Crippen molar-refractivity contribution in [2.24, 2.45) is 0 Å². The van der Waals surface area contributed by atoms with Crippen LogP contribution in [0.15, 0.2) is 48.8 Å². The molecule has 0 saturated carbocycles. The first kappa shape index (κ1) is 16.9. The fraction of sp³-hybridized carbons (Fsp3) is 0.0625. The quantitative estimate of drug-likeness (QED) is 0.695. The maximum atomic E-state index is 13.6. The van der Waals surface area contributed by atoms with Gasteiger partial charge in [0.05, 0.1) is 12.2 Å². The minimum atomic E-state index is -0.770. The Morgan fingerprint density at radius 2 is 1.84 bits per heavy atom. The summed E-state index contributed by atoms with van der Waals surface area (Å²) >= 11 is 5.05. The van der Waals surface area contributed by atoms with Crippen molar-refractivity contribution in [1.29, 1.82) is 0 Å². The summed E-state index contributed by atoms with van der Waals surface area (Å²) in [7, 11) is 0. The van der Waals surface area contributed by atoms with Gasteiger partial charge < -0.3 is 5.32 Å². The van der Waals surface area contributed by atoms with Gasteiger partial charge in [-0.1, -0.05) is 12.1 Å². The number of thiocarbonyl (C=S) groups is 1. The third kappa shape index (κ3) is 4.54. The molecule has 0 atom stereocenters.